The van der Waals surface area contributed by atoms with Gasteiger partial charge in [0, 0.05) is 5.56 Å². The Morgan fingerprint density at radius 2 is 1.67 bits per heavy atom. The fourth-order valence-corrected chi connectivity index (χ4v) is 3.87. The number of carboxylic acids is 1. The van der Waals surface area contributed by atoms with Crippen molar-refractivity contribution in [2.24, 2.45) is 0 Å². The monoisotopic (exact) mass is 415 g/mol. The van der Waals surface area contributed by atoms with E-state index in [2.05, 4.69) is 5.32 Å². The van der Waals surface area contributed by atoms with Crippen molar-refractivity contribution >= 4 is 12.1 Å². The van der Waals surface area contributed by atoms with Crippen LogP contribution in [0.3, 0.4) is 0 Å². The minimum absolute atomic E-state index is 0.00842. The molecule has 4 atom stereocenters. The molecule has 4 rings (SSSR count). The fourth-order valence-electron chi connectivity index (χ4n) is 3.87. The van der Waals surface area contributed by atoms with Gasteiger partial charge in [0.05, 0.1) is 18.8 Å². The van der Waals surface area contributed by atoms with Crippen molar-refractivity contribution in [1.82, 2.24) is 5.32 Å². The molecule has 0 bridgehead atoms. The molecule has 0 aliphatic carbocycles. The van der Waals surface area contributed by atoms with Crippen molar-refractivity contribution in [2.45, 2.75) is 30.1 Å². The van der Waals surface area contributed by atoms with Gasteiger partial charge in [-0.15, -0.1) is 0 Å². The minimum Gasteiger partial charge on any atom is -0.478 e. The Hall–Kier alpha value is -2.98. The van der Waals surface area contributed by atoms with E-state index in [9.17, 15) is 24.9 Å². The van der Waals surface area contributed by atoms with Crippen molar-refractivity contribution < 1.29 is 39.1 Å². The van der Waals surface area contributed by atoms with E-state index < -0.39 is 35.6 Å². The lowest BCUT2D eigenvalue weighted by molar-refractivity contribution is -0.102. The number of amides is 1. The predicted molar refractivity (Wildman–Crippen MR) is 101 cm³/mol. The first-order valence-corrected chi connectivity index (χ1v) is 9.33. The van der Waals surface area contributed by atoms with Crippen LogP contribution in [0.4, 0.5) is 4.79 Å². The number of rotatable bonds is 5. The number of hydrogen-bond acceptors (Lipinski definition) is 7. The third-order valence-corrected chi connectivity index (χ3v) is 5.34. The van der Waals surface area contributed by atoms with Gasteiger partial charge in [-0.3, -0.25) is 5.32 Å². The lowest BCUT2D eigenvalue weighted by atomic mass is 9.84. The summed E-state index contributed by atoms with van der Waals surface area (Å²) in [5.41, 5.74) is -2.96. The van der Waals surface area contributed by atoms with E-state index >= 15 is 0 Å². The minimum atomic E-state index is -1.94. The first-order valence-electron chi connectivity index (χ1n) is 9.33. The fraction of sp³-hybridized carbons (Fsp3) is 0.333. The average molecular weight is 415 g/mol. The van der Waals surface area contributed by atoms with E-state index in [4.69, 9.17) is 14.2 Å². The van der Waals surface area contributed by atoms with Crippen LogP contribution in [-0.2, 0) is 26.4 Å². The van der Waals surface area contributed by atoms with Crippen LogP contribution >= 0.6 is 0 Å². The molecule has 2 aliphatic heterocycles. The second kappa shape index (κ2) is 7.69. The topological polar surface area (TPSA) is 135 Å². The van der Waals surface area contributed by atoms with Gasteiger partial charge in [-0.05, 0) is 11.6 Å². The maximum atomic E-state index is 12.2. The van der Waals surface area contributed by atoms with Gasteiger partial charge in [0.1, 0.15) is 24.4 Å². The number of benzene rings is 2. The molecule has 2 aliphatic rings. The third-order valence-electron chi connectivity index (χ3n) is 5.34. The number of carbonyl (C=O) groups excluding carboxylic acids is 1. The highest BCUT2D eigenvalue weighted by molar-refractivity contribution is 5.89. The van der Waals surface area contributed by atoms with Gasteiger partial charge in [0.25, 0.3) is 0 Å². The highest BCUT2D eigenvalue weighted by Gasteiger charge is 2.64. The van der Waals surface area contributed by atoms with E-state index in [0.29, 0.717) is 0 Å². The Balaban J connectivity index is 1.48. The molecule has 2 saturated heterocycles. The highest BCUT2D eigenvalue weighted by atomic mass is 16.6. The molecule has 4 N–H and O–H groups in total. The molecule has 0 aromatic heterocycles. The van der Waals surface area contributed by atoms with Crippen LogP contribution in [0, 0.1) is 0 Å². The van der Waals surface area contributed by atoms with E-state index in [1.165, 1.54) is 12.1 Å². The van der Waals surface area contributed by atoms with E-state index in [0.717, 1.165) is 5.56 Å². The van der Waals surface area contributed by atoms with Crippen molar-refractivity contribution in [3.63, 3.8) is 0 Å². The summed E-state index contributed by atoms with van der Waals surface area (Å²) < 4.78 is 16.3. The molecule has 158 valence electrons. The molecule has 0 saturated carbocycles. The highest BCUT2D eigenvalue weighted by Crippen LogP contribution is 2.44. The maximum Gasteiger partial charge on any atom is 0.409 e. The lowest BCUT2D eigenvalue weighted by Crippen LogP contribution is -2.58. The van der Waals surface area contributed by atoms with E-state index in [1.807, 2.05) is 18.2 Å². The third kappa shape index (κ3) is 3.52. The predicted octanol–water partition coefficient (Wildman–Crippen LogP) is 0.985. The number of fused-ring (bicyclic) bond motifs is 1. The van der Waals surface area contributed by atoms with Gasteiger partial charge in [0.15, 0.2) is 5.72 Å². The molecular weight excluding hydrogens is 394 g/mol. The van der Waals surface area contributed by atoms with Crippen molar-refractivity contribution in [3.05, 3.63) is 71.3 Å². The quantitative estimate of drug-likeness (QED) is 0.531. The Morgan fingerprint density at radius 1 is 1.00 bits per heavy atom. The summed E-state index contributed by atoms with van der Waals surface area (Å²) >= 11 is 0. The van der Waals surface area contributed by atoms with Crippen LogP contribution in [0.1, 0.15) is 21.5 Å². The number of alkyl carbamates (subject to hydrolysis) is 1. The normalized spacial score (nSPS) is 29.9. The van der Waals surface area contributed by atoms with Crippen molar-refractivity contribution in [2.75, 3.05) is 13.2 Å². The summed E-state index contributed by atoms with van der Waals surface area (Å²) in [6.07, 6.45) is -3.08. The maximum absolute atomic E-state index is 12.2. The van der Waals surface area contributed by atoms with Crippen LogP contribution in [0.15, 0.2) is 54.6 Å². The second-order valence-corrected chi connectivity index (χ2v) is 7.35. The van der Waals surface area contributed by atoms with Crippen LogP contribution in [-0.4, -0.2) is 58.5 Å². The summed E-state index contributed by atoms with van der Waals surface area (Å²) in [5.74, 6) is -1.21. The molecule has 0 spiro atoms. The smallest absolute Gasteiger partial charge is 0.409 e. The van der Waals surface area contributed by atoms with Crippen LogP contribution in [0.25, 0.3) is 0 Å². The summed E-state index contributed by atoms with van der Waals surface area (Å²) in [4.78, 5) is 23.8. The molecule has 9 nitrogen and oxygen atoms in total. The van der Waals surface area contributed by atoms with Gasteiger partial charge < -0.3 is 29.5 Å². The van der Waals surface area contributed by atoms with Crippen LogP contribution in [0.5, 0.6) is 0 Å². The number of nitrogens with one attached hydrogen (secondary N) is 1. The van der Waals surface area contributed by atoms with Crippen LogP contribution in [0.2, 0.25) is 0 Å². The van der Waals surface area contributed by atoms with E-state index in [1.54, 1.807) is 24.3 Å². The zero-order valence-electron chi connectivity index (χ0n) is 15.9. The molecule has 2 aromatic carbocycles. The summed E-state index contributed by atoms with van der Waals surface area (Å²) in [6, 6.07) is 15.0. The lowest BCUT2D eigenvalue weighted by Gasteiger charge is -2.29. The molecule has 9 heteroatoms. The largest absolute Gasteiger partial charge is 0.478 e. The number of carboxylic acid groups (broad SMARTS) is 1. The molecule has 30 heavy (non-hydrogen) atoms. The molecule has 0 unspecified atom stereocenters. The Morgan fingerprint density at radius 3 is 2.40 bits per heavy atom. The first-order chi connectivity index (χ1) is 14.3. The summed E-state index contributed by atoms with van der Waals surface area (Å²) in [7, 11) is 0. The zero-order valence-corrected chi connectivity index (χ0v) is 15.9. The first kappa shape index (κ1) is 20.3. The average Bonchev–Trinajstić information content (AvgIpc) is 3.26. The number of carbonyl (C=O) groups is 2. The molecule has 2 fully saturated rings. The van der Waals surface area contributed by atoms with Gasteiger partial charge in [0.2, 0.25) is 0 Å². The molecule has 2 heterocycles. The van der Waals surface area contributed by atoms with Gasteiger partial charge in [-0.1, -0.05) is 48.5 Å². The summed E-state index contributed by atoms with van der Waals surface area (Å²) in [6.45, 7) is -0.662. The summed E-state index contributed by atoms with van der Waals surface area (Å²) in [5, 5.41) is 33.9. The zero-order chi connectivity index (χ0) is 21.4. The van der Waals surface area contributed by atoms with Gasteiger partial charge in [-0.2, -0.15) is 0 Å². The van der Waals surface area contributed by atoms with E-state index in [-0.39, 0.29) is 30.9 Å². The Kier molecular flexibility index (Phi) is 5.20. The van der Waals surface area contributed by atoms with Gasteiger partial charge >= 0.3 is 12.1 Å². The molecule has 1 amide bonds. The van der Waals surface area contributed by atoms with Crippen LogP contribution < -0.4 is 5.32 Å². The number of ether oxygens (including phenoxy) is 3. The second-order valence-electron chi connectivity index (χ2n) is 7.35. The standard InChI is InChI=1S/C21H21NO8/c23-18(24)14-8-4-5-9-15(14)20(26)11-29-17-16(20)30-12-21(17,27)22-19(25)28-10-13-6-2-1-3-7-13/h1-9,16-17,26-27H,10-12H2,(H,22,25)(H,23,24)/t16-,17-,20-,21-/m0/s1. The molecule has 0 radical (unpaired) electrons. The molecular formula is C21H21NO8. The Labute approximate surface area is 171 Å². The number of hydrogen-bond donors (Lipinski definition) is 4. The number of aliphatic hydroxyl groups is 2. The Bertz CT molecular complexity index is 951. The van der Waals surface area contributed by atoms with Crippen molar-refractivity contribution in [3.8, 4) is 0 Å². The van der Waals surface area contributed by atoms with Crippen molar-refractivity contribution in [1.29, 1.82) is 0 Å². The SMILES string of the molecule is O=C(N[C@]1(O)CO[C@H]2[C@@H]1OC[C@]2(O)c1ccccc1C(=O)O)OCc1ccccc1. The van der Waals surface area contributed by atoms with Gasteiger partial charge in [-0.25, -0.2) is 9.59 Å². The molecule has 2 aromatic rings. The number of aromatic carboxylic acids is 1.